The van der Waals surface area contributed by atoms with E-state index in [4.69, 9.17) is 9.47 Å². The van der Waals surface area contributed by atoms with Gasteiger partial charge in [-0.1, -0.05) is 30.3 Å². The normalized spacial score (nSPS) is 28.3. The first-order valence-electron chi connectivity index (χ1n) is 6.10. The molecule has 4 nitrogen and oxygen atoms in total. The van der Waals surface area contributed by atoms with Crippen LogP contribution in [0.1, 0.15) is 18.4 Å². The van der Waals surface area contributed by atoms with E-state index in [1.54, 1.807) is 0 Å². The summed E-state index contributed by atoms with van der Waals surface area (Å²) in [6, 6.07) is 9.74. The van der Waals surface area contributed by atoms with Crippen LogP contribution in [0.2, 0.25) is 0 Å². The molecule has 0 aliphatic heterocycles. The molecule has 2 rings (SSSR count). The highest BCUT2D eigenvalue weighted by molar-refractivity contribution is 5.85. The number of ketones is 1. The predicted molar refractivity (Wildman–Crippen MR) is 66.1 cm³/mol. The molecule has 3 atom stereocenters. The fourth-order valence-corrected chi connectivity index (χ4v) is 2.25. The van der Waals surface area contributed by atoms with Gasteiger partial charge in [-0.3, -0.25) is 4.79 Å². The van der Waals surface area contributed by atoms with Crippen LogP contribution in [0.4, 0.5) is 0 Å². The number of aliphatic hydroxyl groups is 1. The van der Waals surface area contributed by atoms with Crippen molar-refractivity contribution in [3.05, 3.63) is 35.9 Å². The summed E-state index contributed by atoms with van der Waals surface area (Å²) in [5, 5.41) is 9.60. The summed E-state index contributed by atoms with van der Waals surface area (Å²) in [6.07, 6.45) is -0.950. The molecule has 1 fully saturated rings. The maximum Gasteiger partial charge on any atom is 0.166 e. The average Bonchev–Trinajstić information content (AvgIpc) is 2.37. The zero-order valence-electron chi connectivity index (χ0n) is 10.4. The van der Waals surface area contributed by atoms with Gasteiger partial charge in [-0.05, 0) is 5.56 Å². The molecule has 1 unspecified atom stereocenters. The van der Waals surface area contributed by atoms with E-state index >= 15 is 0 Å². The summed E-state index contributed by atoms with van der Waals surface area (Å²) >= 11 is 0. The maximum absolute atomic E-state index is 11.7. The first-order chi connectivity index (χ1) is 8.70. The minimum atomic E-state index is -0.621. The molecule has 0 heterocycles. The van der Waals surface area contributed by atoms with Crippen LogP contribution in [0, 0.1) is 0 Å². The van der Waals surface area contributed by atoms with Gasteiger partial charge in [-0.2, -0.15) is 0 Å². The van der Waals surface area contributed by atoms with Crippen LogP contribution >= 0.6 is 0 Å². The lowest BCUT2D eigenvalue weighted by atomic mass is 9.91. The van der Waals surface area contributed by atoms with E-state index in [0.717, 1.165) is 5.56 Å². The molecule has 0 spiro atoms. The Balaban J connectivity index is 1.96. The van der Waals surface area contributed by atoms with Gasteiger partial charge in [0.05, 0.1) is 18.8 Å². The molecule has 1 N–H and O–H groups in total. The van der Waals surface area contributed by atoms with E-state index in [0.29, 0.717) is 13.0 Å². The molecule has 4 heteroatoms. The second-order valence-electron chi connectivity index (χ2n) is 4.55. The number of hydrogen-bond acceptors (Lipinski definition) is 4. The third-order valence-electron chi connectivity index (χ3n) is 3.16. The number of carbonyl (C=O) groups is 1. The van der Waals surface area contributed by atoms with E-state index in [1.165, 1.54) is 7.11 Å². The van der Waals surface area contributed by atoms with Gasteiger partial charge in [0.15, 0.2) is 5.78 Å². The number of rotatable bonds is 4. The molecule has 1 aromatic carbocycles. The lowest BCUT2D eigenvalue weighted by molar-refractivity contribution is -0.153. The fourth-order valence-electron chi connectivity index (χ4n) is 2.25. The molecule has 0 saturated heterocycles. The van der Waals surface area contributed by atoms with Crippen molar-refractivity contribution in [2.45, 2.75) is 37.8 Å². The van der Waals surface area contributed by atoms with Gasteiger partial charge in [0.1, 0.15) is 6.10 Å². The summed E-state index contributed by atoms with van der Waals surface area (Å²) in [5.74, 6) is -0.0886. The van der Waals surface area contributed by atoms with E-state index in [2.05, 4.69) is 0 Å². The Bertz CT molecular complexity index is 390. The van der Waals surface area contributed by atoms with Crippen molar-refractivity contribution < 1.29 is 19.4 Å². The van der Waals surface area contributed by atoms with Gasteiger partial charge >= 0.3 is 0 Å². The van der Waals surface area contributed by atoms with Gasteiger partial charge in [-0.25, -0.2) is 0 Å². The molecule has 1 aliphatic rings. The average molecular weight is 250 g/mol. The van der Waals surface area contributed by atoms with Crippen molar-refractivity contribution in [3.8, 4) is 0 Å². The number of hydrogen-bond donors (Lipinski definition) is 1. The Morgan fingerprint density at radius 1 is 1.33 bits per heavy atom. The Hall–Kier alpha value is -1.23. The van der Waals surface area contributed by atoms with Crippen LogP contribution in [-0.2, 0) is 20.9 Å². The minimum Gasteiger partial charge on any atom is -0.393 e. The molecule has 1 aromatic rings. The van der Waals surface area contributed by atoms with Gasteiger partial charge in [0.25, 0.3) is 0 Å². The number of Topliss-reactive ketones (excluding diaryl/α,β-unsaturated/α-hetero) is 1. The molecule has 0 aromatic heterocycles. The van der Waals surface area contributed by atoms with Crippen LogP contribution in [0.15, 0.2) is 30.3 Å². The van der Waals surface area contributed by atoms with Crippen LogP contribution < -0.4 is 0 Å². The van der Waals surface area contributed by atoms with E-state index in [9.17, 15) is 9.90 Å². The van der Waals surface area contributed by atoms with Crippen molar-refractivity contribution in [2.24, 2.45) is 0 Å². The molecule has 0 amide bonds. The molecule has 1 aliphatic carbocycles. The largest absolute Gasteiger partial charge is 0.393 e. The summed E-state index contributed by atoms with van der Waals surface area (Å²) in [6.45, 7) is 0.422. The molecule has 18 heavy (non-hydrogen) atoms. The summed E-state index contributed by atoms with van der Waals surface area (Å²) in [5.41, 5.74) is 1.04. The second-order valence-corrected chi connectivity index (χ2v) is 4.55. The van der Waals surface area contributed by atoms with Crippen LogP contribution in [0.25, 0.3) is 0 Å². The quantitative estimate of drug-likeness (QED) is 0.875. The Kier molecular flexibility index (Phi) is 4.47. The number of ether oxygens (including phenoxy) is 2. The monoisotopic (exact) mass is 250 g/mol. The van der Waals surface area contributed by atoms with Gasteiger partial charge in [0, 0.05) is 20.0 Å². The Morgan fingerprint density at radius 3 is 2.72 bits per heavy atom. The lowest BCUT2D eigenvalue weighted by Gasteiger charge is -2.31. The van der Waals surface area contributed by atoms with E-state index in [-0.39, 0.29) is 18.3 Å². The SMILES string of the molecule is CO[C@@H]1C(=O)CC(O)C[C@H]1OCc1ccccc1. The highest BCUT2D eigenvalue weighted by Crippen LogP contribution is 2.22. The van der Waals surface area contributed by atoms with Gasteiger partial charge < -0.3 is 14.6 Å². The van der Waals surface area contributed by atoms with Crippen molar-refractivity contribution in [1.29, 1.82) is 0 Å². The molecular weight excluding hydrogens is 232 g/mol. The predicted octanol–water partition coefficient (Wildman–Crippen LogP) is 1.31. The molecule has 1 saturated carbocycles. The van der Waals surface area contributed by atoms with Crippen molar-refractivity contribution in [2.75, 3.05) is 7.11 Å². The van der Waals surface area contributed by atoms with Crippen LogP contribution in [0.5, 0.6) is 0 Å². The zero-order valence-corrected chi connectivity index (χ0v) is 10.4. The number of methoxy groups -OCH3 is 1. The molecule has 0 bridgehead atoms. The van der Waals surface area contributed by atoms with Gasteiger partial charge in [0.2, 0.25) is 0 Å². The van der Waals surface area contributed by atoms with Crippen molar-refractivity contribution in [1.82, 2.24) is 0 Å². The standard InChI is InChI=1S/C14H18O4/c1-17-14-12(16)7-11(15)8-13(14)18-9-10-5-3-2-4-6-10/h2-6,11,13-15H,7-9H2,1H3/t11?,13-,14-/m1/s1. The molecule has 98 valence electrons. The first kappa shape index (κ1) is 13.2. The van der Waals surface area contributed by atoms with Crippen LogP contribution in [0.3, 0.4) is 0 Å². The Labute approximate surface area is 107 Å². The van der Waals surface area contributed by atoms with E-state index in [1.807, 2.05) is 30.3 Å². The number of aliphatic hydroxyl groups excluding tert-OH is 1. The van der Waals surface area contributed by atoms with Crippen molar-refractivity contribution >= 4 is 5.78 Å². The summed E-state index contributed by atoms with van der Waals surface area (Å²) in [7, 11) is 1.50. The highest BCUT2D eigenvalue weighted by Gasteiger charge is 2.36. The van der Waals surface area contributed by atoms with Gasteiger partial charge in [-0.15, -0.1) is 0 Å². The molecule has 0 radical (unpaired) electrons. The van der Waals surface area contributed by atoms with Crippen molar-refractivity contribution in [3.63, 3.8) is 0 Å². The fraction of sp³-hybridized carbons (Fsp3) is 0.500. The van der Waals surface area contributed by atoms with E-state index < -0.39 is 12.2 Å². The third kappa shape index (κ3) is 3.16. The molecular formula is C14H18O4. The highest BCUT2D eigenvalue weighted by atomic mass is 16.5. The summed E-state index contributed by atoms with van der Waals surface area (Å²) in [4.78, 5) is 11.7. The Morgan fingerprint density at radius 2 is 2.06 bits per heavy atom. The first-order valence-corrected chi connectivity index (χ1v) is 6.10. The smallest absolute Gasteiger partial charge is 0.166 e. The maximum atomic E-state index is 11.7. The number of benzene rings is 1. The van der Waals surface area contributed by atoms with Crippen LogP contribution in [-0.4, -0.2) is 36.3 Å². The summed E-state index contributed by atoms with van der Waals surface area (Å²) < 4.78 is 10.9. The second kappa shape index (κ2) is 6.09. The topological polar surface area (TPSA) is 55.8 Å². The third-order valence-corrected chi connectivity index (χ3v) is 3.16. The number of carbonyl (C=O) groups excluding carboxylic acids is 1. The minimum absolute atomic E-state index is 0.0886. The lowest BCUT2D eigenvalue weighted by Crippen LogP contribution is -2.45. The zero-order chi connectivity index (χ0) is 13.0.